The third-order valence-corrected chi connectivity index (χ3v) is 5.66. The van der Waals surface area contributed by atoms with Gasteiger partial charge in [-0.05, 0) is 37.1 Å². The molecule has 0 aliphatic heterocycles. The summed E-state index contributed by atoms with van der Waals surface area (Å²) in [6.45, 7) is 3.06. The van der Waals surface area contributed by atoms with E-state index in [0.717, 1.165) is 23.0 Å². The van der Waals surface area contributed by atoms with Crippen LogP contribution in [0.5, 0.6) is 0 Å². The molecule has 0 bridgehead atoms. The number of nitro groups is 1. The molecule has 0 fully saturated rings. The minimum atomic E-state index is -0.627. The van der Waals surface area contributed by atoms with Crippen molar-refractivity contribution in [1.29, 1.82) is 0 Å². The van der Waals surface area contributed by atoms with Gasteiger partial charge >= 0.3 is 5.97 Å². The summed E-state index contributed by atoms with van der Waals surface area (Å²) in [5.74, 6) is -1.33. The number of benzene rings is 2. The van der Waals surface area contributed by atoms with Gasteiger partial charge in [0.25, 0.3) is 11.6 Å². The maximum absolute atomic E-state index is 12.1. The molecule has 10 nitrogen and oxygen atoms in total. The predicted molar refractivity (Wildman–Crippen MR) is 119 cm³/mol. The van der Waals surface area contributed by atoms with E-state index in [1.54, 1.807) is 17.6 Å². The first-order valence-corrected chi connectivity index (χ1v) is 10.6. The van der Waals surface area contributed by atoms with Crippen molar-refractivity contribution < 1.29 is 19.2 Å². The Bertz CT molecular complexity index is 1180. The van der Waals surface area contributed by atoms with E-state index < -0.39 is 23.4 Å². The van der Waals surface area contributed by atoms with Gasteiger partial charge < -0.3 is 10.1 Å². The lowest BCUT2D eigenvalue weighted by molar-refractivity contribution is -0.384. The van der Waals surface area contributed by atoms with Gasteiger partial charge in [0.15, 0.2) is 11.8 Å². The molecule has 12 heteroatoms. The lowest BCUT2D eigenvalue weighted by Crippen LogP contribution is -2.22. The zero-order chi connectivity index (χ0) is 23.3. The SMILES string of the molecule is Cc1ccc(-n2cnnc2SCC(=O)OCC(=O)Nc2cc([N+](=O)[O-])ccc2C)cc1Cl. The molecule has 1 aromatic heterocycles. The van der Waals surface area contributed by atoms with Gasteiger partial charge in [-0.25, -0.2) is 0 Å². The Balaban J connectivity index is 1.53. The molecule has 1 N–H and O–H groups in total. The fourth-order valence-electron chi connectivity index (χ4n) is 2.59. The summed E-state index contributed by atoms with van der Waals surface area (Å²) in [4.78, 5) is 34.5. The molecular weight excluding hydrogens is 458 g/mol. The van der Waals surface area contributed by atoms with Crippen LogP contribution in [0.3, 0.4) is 0 Å². The van der Waals surface area contributed by atoms with Crippen LogP contribution >= 0.6 is 23.4 Å². The largest absolute Gasteiger partial charge is 0.455 e. The Morgan fingerprint density at radius 1 is 1.22 bits per heavy atom. The number of thioether (sulfide) groups is 1. The van der Waals surface area contributed by atoms with Crippen LogP contribution in [0.1, 0.15) is 11.1 Å². The number of carbonyl (C=O) groups is 2. The van der Waals surface area contributed by atoms with Gasteiger partial charge in [-0.2, -0.15) is 0 Å². The number of esters is 1. The number of aromatic nitrogens is 3. The second kappa shape index (κ2) is 10.2. The number of hydrogen-bond acceptors (Lipinski definition) is 8. The van der Waals surface area contributed by atoms with Gasteiger partial charge in [0.2, 0.25) is 0 Å². The van der Waals surface area contributed by atoms with Crippen LogP contribution in [-0.2, 0) is 14.3 Å². The van der Waals surface area contributed by atoms with Crippen LogP contribution in [0, 0.1) is 24.0 Å². The van der Waals surface area contributed by atoms with Gasteiger partial charge in [-0.1, -0.05) is 35.5 Å². The number of nitro benzene ring substituents is 1. The van der Waals surface area contributed by atoms with Crippen molar-refractivity contribution in [1.82, 2.24) is 14.8 Å². The molecule has 0 atom stereocenters. The van der Waals surface area contributed by atoms with E-state index in [9.17, 15) is 19.7 Å². The van der Waals surface area contributed by atoms with Gasteiger partial charge in [0.1, 0.15) is 6.33 Å². The van der Waals surface area contributed by atoms with E-state index in [0.29, 0.717) is 15.7 Å². The molecule has 0 saturated carbocycles. The number of hydrogen-bond donors (Lipinski definition) is 1. The molecule has 1 heterocycles. The number of rotatable bonds is 8. The number of nitrogens with one attached hydrogen (secondary N) is 1. The maximum Gasteiger partial charge on any atom is 0.316 e. The minimum Gasteiger partial charge on any atom is -0.455 e. The molecule has 166 valence electrons. The maximum atomic E-state index is 12.1. The molecule has 0 saturated heterocycles. The van der Waals surface area contributed by atoms with Crippen molar-refractivity contribution in [2.24, 2.45) is 0 Å². The number of halogens is 1. The summed E-state index contributed by atoms with van der Waals surface area (Å²) < 4.78 is 6.67. The summed E-state index contributed by atoms with van der Waals surface area (Å²) in [6, 6.07) is 9.59. The van der Waals surface area contributed by atoms with Crippen LogP contribution in [0.15, 0.2) is 47.9 Å². The molecule has 0 aliphatic carbocycles. The van der Waals surface area contributed by atoms with Crippen LogP contribution < -0.4 is 5.32 Å². The smallest absolute Gasteiger partial charge is 0.316 e. The van der Waals surface area contributed by atoms with E-state index in [1.165, 1.54) is 24.5 Å². The Kier molecular flexibility index (Phi) is 7.44. The van der Waals surface area contributed by atoms with Crippen molar-refractivity contribution >= 4 is 46.6 Å². The molecule has 0 radical (unpaired) electrons. The van der Waals surface area contributed by atoms with Gasteiger partial charge in [0.05, 0.1) is 22.1 Å². The lowest BCUT2D eigenvalue weighted by atomic mass is 10.2. The Morgan fingerprint density at radius 3 is 2.69 bits per heavy atom. The van der Waals surface area contributed by atoms with E-state index in [1.807, 2.05) is 19.1 Å². The highest BCUT2D eigenvalue weighted by atomic mass is 35.5. The molecule has 0 spiro atoms. The Hall–Kier alpha value is -3.44. The van der Waals surface area contributed by atoms with E-state index in [2.05, 4.69) is 15.5 Å². The Morgan fingerprint density at radius 2 is 1.97 bits per heavy atom. The third-order valence-electron chi connectivity index (χ3n) is 4.34. The average Bonchev–Trinajstić information content (AvgIpc) is 3.22. The van der Waals surface area contributed by atoms with Crippen molar-refractivity contribution in [2.75, 3.05) is 17.7 Å². The van der Waals surface area contributed by atoms with Crippen molar-refractivity contribution in [3.63, 3.8) is 0 Å². The summed E-state index contributed by atoms with van der Waals surface area (Å²) in [5, 5.41) is 22.3. The quantitative estimate of drug-likeness (QED) is 0.226. The highest BCUT2D eigenvalue weighted by molar-refractivity contribution is 7.99. The lowest BCUT2D eigenvalue weighted by Gasteiger charge is -2.09. The van der Waals surface area contributed by atoms with E-state index >= 15 is 0 Å². The molecular formula is C20H18ClN5O5S. The monoisotopic (exact) mass is 475 g/mol. The van der Waals surface area contributed by atoms with Crippen molar-refractivity contribution in [2.45, 2.75) is 19.0 Å². The number of carbonyl (C=O) groups excluding carboxylic acids is 2. The number of amides is 1. The summed E-state index contributed by atoms with van der Waals surface area (Å²) >= 11 is 7.26. The first-order valence-electron chi connectivity index (χ1n) is 9.24. The molecule has 3 aromatic rings. The van der Waals surface area contributed by atoms with Crippen LogP contribution in [0.4, 0.5) is 11.4 Å². The van der Waals surface area contributed by atoms with E-state index in [4.69, 9.17) is 16.3 Å². The van der Waals surface area contributed by atoms with Gasteiger partial charge in [-0.3, -0.25) is 24.3 Å². The number of non-ortho nitro benzene ring substituents is 1. The van der Waals surface area contributed by atoms with Gasteiger partial charge in [0, 0.05) is 17.2 Å². The average molecular weight is 476 g/mol. The standard InChI is InChI=1S/C20H18ClN5O5S/c1-12-3-5-14(7-16(12)21)25-11-22-24-20(25)32-10-19(28)31-9-18(27)23-17-8-15(26(29)30)6-4-13(17)2/h3-8,11H,9-10H2,1-2H3,(H,23,27). The normalized spacial score (nSPS) is 10.6. The zero-order valence-electron chi connectivity index (χ0n) is 17.1. The minimum absolute atomic E-state index is 0.0958. The fourth-order valence-corrected chi connectivity index (χ4v) is 3.49. The van der Waals surface area contributed by atoms with Crippen molar-refractivity contribution in [3.8, 4) is 5.69 Å². The summed E-state index contributed by atoms with van der Waals surface area (Å²) in [5.41, 5.74) is 2.44. The molecule has 2 aromatic carbocycles. The van der Waals surface area contributed by atoms with Gasteiger partial charge in [-0.15, -0.1) is 10.2 Å². The molecule has 0 aliphatic rings. The number of nitrogens with zero attached hydrogens (tertiary/aromatic N) is 4. The van der Waals surface area contributed by atoms with Crippen LogP contribution in [0.25, 0.3) is 5.69 Å². The second-order valence-corrected chi connectivity index (χ2v) is 8.02. The third kappa shape index (κ3) is 5.83. The highest BCUT2D eigenvalue weighted by Crippen LogP contribution is 2.24. The summed E-state index contributed by atoms with van der Waals surface area (Å²) in [7, 11) is 0. The zero-order valence-corrected chi connectivity index (χ0v) is 18.6. The fraction of sp³-hybridized carbons (Fsp3) is 0.200. The predicted octanol–water partition coefficient (Wildman–Crippen LogP) is 3.72. The second-order valence-electron chi connectivity index (χ2n) is 6.67. The Labute approximate surface area is 192 Å². The molecule has 3 rings (SSSR count). The van der Waals surface area contributed by atoms with E-state index in [-0.39, 0.29) is 17.1 Å². The first-order chi connectivity index (χ1) is 15.2. The summed E-state index contributed by atoms with van der Waals surface area (Å²) in [6.07, 6.45) is 1.50. The molecule has 32 heavy (non-hydrogen) atoms. The number of aryl methyl sites for hydroxylation is 2. The number of ether oxygens (including phenoxy) is 1. The number of anilines is 1. The molecule has 0 unspecified atom stereocenters. The first kappa shape index (κ1) is 23.2. The van der Waals surface area contributed by atoms with Crippen molar-refractivity contribution in [3.05, 3.63) is 69.0 Å². The topological polar surface area (TPSA) is 129 Å². The molecule has 1 amide bonds. The van der Waals surface area contributed by atoms with Crippen LogP contribution in [0.2, 0.25) is 5.02 Å². The van der Waals surface area contributed by atoms with Crippen LogP contribution in [-0.4, -0.2) is 43.9 Å². The highest BCUT2D eigenvalue weighted by Gasteiger charge is 2.15.